The van der Waals surface area contributed by atoms with E-state index in [4.69, 9.17) is 34.7 Å². The maximum Gasteiger partial charge on any atom is 0.434 e. The maximum atomic E-state index is 13.2. The highest BCUT2D eigenvalue weighted by Gasteiger charge is 2.38. The normalized spacial score (nSPS) is 12.7. The first-order valence-electron chi connectivity index (χ1n) is 6.76. The minimum atomic E-state index is -4.94. The van der Waals surface area contributed by atoms with Gasteiger partial charge in [-0.1, -0.05) is 23.2 Å². The third-order valence-corrected chi connectivity index (χ3v) is 3.99. The van der Waals surface area contributed by atoms with E-state index in [0.29, 0.717) is 16.8 Å². The molecule has 0 unspecified atom stereocenters. The molecule has 0 atom stereocenters. The predicted octanol–water partition coefficient (Wildman–Crippen LogP) is 4.32. The fourth-order valence-electron chi connectivity index (χ4n) is 2.34. The monoisotopic (exact) mass is 430 g/mol. The molecule has 0 bridgehead atoms. The van der Waals surface area contributed by atoms with Crippen molar-refractivity contribution in [2.24, 2.45) is 0 Å². The van der Waals surface area contributed by atoms with E-state index >= 15 is 0 Å². The molecule has 0 saturated heterocycles. The molecule has 2 aromatic heterocycles. The molecular weight excluding hydrogens is 425 g/mol. The van der Waals surface area contributed by atoms with Crippen LogP contribution in [0.25, 0.3) is 16.7 Å². The quantitative estimate of drug-likeness (QED) is 0.560. The molecule has 4 N–H and O–H groups in total. The third kappa shape index (κ3) is 3.30. The van der Waals surface area contributed by atoms with Crippen LogP contribution in [0.3, 0.4) is 0 Å². The lowest BCUT2D eigenvalue weighted by Gasteiger charge is -2.13. The number of halogens is 8. The fraction of sp³-hybridized carbons (Fsp3) is 0.154. The highest BCUT2D eigenvalue weighted by molar-refractivity contribution is 6.38. The van der Waals surface area contributed by atoms with Gasteiger partial charge in [0.15, 0.2) is 11.3 Å². The van der Waals surface area contributed by atoms with Gasteiger partial charge in [0.05, 0.1) is 21.0 Å². The number of alkyl halides is 6. The smallest absolute Gasteiger partial charge is 0.383 e. The minimum absolute atomic E-state index is 0.353. The van der Waals surface area contributed by atoms with E-state index in [0.717, 1.165) is 0 Å². The molecule has 0 radical (unpaired) electrons. The van der Waals surface area contributed by atoms with Crippen molar-refractivity contribution in [3.05, 3.63) is 33.4 Å². The van der Waals surface area contributed by atoms with Gasteiger partial charge < -0.3 is 11.5 Å². The van der Waals surface area contributed by atoms with Crippen LogP contribution < -0.4 is 11.5 Å². The van der Waals surface area contributed by atoms with Gasteiger partial charge in [-0.05, 0) is 12.1 Å². The van der Waals surface area contributed by atoms with Crippen LogP contribution in [-0.2, 0) is 12.4 Å². The molecule has 14 heteroatoms. The molecule has 0 spiro atoms. The molecule has 144 valence electrons. The predicted molar refractivity (Wildman–Crippen MR) is 85.5 cm³/mol. The number of fused-ring (bicyclic) bond motifs is 1. The van der Waals surface area contributed by atoms with E-state index in [1.807, 2.05) is 0 Å². The summed E-state index contributed by atoms with van der Waals surface area (Å²) in [5, 5.41) is 1.97. The van der Waals surface area contributed by atoms with Crippen LogP contribution in [0.5, 0.6) is 0 Å². The first kappa shape index (κ1) is 19.3. The summed E-state index contributed by atoms with van der Waals surface area (Å²) in [6.45, 7) is 0. The lowest BCUT2D eigenvalue weighted by atomic mass is 10.2. The molecular formula is C13H6Cl2F6N6. The van der Waals surface area contributed by atoms with E-state index in [1.165, 1.54) is 0 Å². The number of hydrogen-bond acceptors (Lipinski definition) is 5. The second kappa shape index (κ2) is 6.02. The lowest BCUT2D eigenvalue weighted by molar-refractivity contribution is -0.140. The Morgan fingerprint density at radius 2 is 1.44 bits per heavy atom. The van der Waals surface area contributed by atoms with Gasteiger partial charge in [0.2, 0.25) is 5.95 Å². The van der Waals surface area contributed by atoms with E-state index in [2.05, 4.69) is 15.1 Å². The molecule has 0 fully saturated rings. The van der Waals surface area contributed by atoms with Gasteiger partial charge in [0, 0.05) is 0 Å². The van der Waals surface area contributed by atoms with Crippen LogP contribution in [0.2, 0.25) is 10.0 Å². The third-order valence-electron chi connectivity index (χ3n) is 3.41. The average molecular weight is 431 g/mol. The van der Waals surface area contributed by atoms with Crippen LogP contribution >= 0.6 is 23.2 Å². The van der Waals surface area contributed by atoms with Gasteiger partial charge in [-0.25, -0.2) is 9.67 Å². The Morgan fingerprint density at radius 3 is 1.93 bits per heavy atom. The summed E-state index contributed by atoms with van der Waals surface area (Å²) >= 11 is 11.7. The molecule has 3 aromatic rings. The highest BCUT2D eigenvalue weighted by atomic mass is 35.5. The Bertz CT molecular complexity index is 1040. The first-order valence-corrected chi connectivity index (χ1v) is 7.52. The van der Waals surface area contributed by atoms with Crippen LogP contribution in [0.1, 0.15) is 11.3 Å². The molecule has 3 rings (SSSR count). The topological polar surface area (TPSA) is 95.6 Å². The average Bonchev–Trinajstić information content (AvgIpc) is 2.80. The molecule has 6 nitrogen and oxygen atoms in total. The van der Waals surface area contributed by atoms with Gasteiger partial charge in [0.1, 0.15) is 11.5 Å². The molecule has 0 aliphatic heterocycles. The van der Waals surface area contributed by atoms with Crippen LogP contribution in [0, 0.1) is 0 Å². The number of aromatic nitrogens is 4. The van der Waals surface area contributed by atoms with Gasteiger partial charge in [-0.3, -0.25) is 0 Å². The number of nitrogens with two attached hydrogens (primary N) is 2. The molecule has 0 aliphatic carbocycles. The summed E-state index contributed by atoms with van der Waals surface area (Å²) in [6, 6.07) is 1.08. The standard InChI is InChI=1S/C13H6Cl2F6N6/c14-4-1-3(12(16,17)18)2-5(15)7(4)27-9(22)6-8(13(19,20)21)24-11(23)25-10(6)26-27/h1-2H,22H2,(H2,23,25,26). The largest absolute Gasteiger partial charge is 0.434 e. The Morgan fingerprint density at radius 1 is 0.889 bits per heavy atom. The van der Waals surface area contributed by atoms with Crippen molar-refractivity contribution in [3.8, 4) is 5.69 Å². The molecule has 0 saturated carbocycles. The van der Waals surface area contributed by atoms with Crippen LogP contribution in [0.15, 0.2) is 12.1 Å². The van der Waals surface area contributed by atoms with Crippen molar-refractivity contribution < 1.29 is 26.3 Å². The van der Waals surface area contributed by atoms with Crippen LogP contribution in [0.4, 0.5) is 38.1 Å². The van der Waals surface area contributed by atoms with Crippen molar-refractivity contribution in [1.29, 1.82) is 0 Å². The fourth-order valence-corrected chi connectivity index (χ4v) is 2.98. The van der Waals surface area contributed by atoms with Crippen molar-refractivity contribution in [2.75, 3.05) is 11.5 Å². The summed E-state index contributed by atoms with van der Waals surface area (Å²) in [5.74, 6) is -1.34. The Balaban J connectivity index is 2.33. The SMILES string of the molecule is Nc1nc(C(F)(F)F)c2c(N)n(-c3c(Cl)cc(C(F)(F)F)cc3Cl)nc2n1. The number of anilines is 2. The summed E-state index contributed by atoms with van der Waals surface area (Å²) in [7, 11) is 0. The second-order valence-electron chi connectivity index (χ2n) is 5.21. The molecule has 1 aromatic carbocycles. The number of hydrogen-bond donors (Lipinski definition) is 2. The molecule has 0 aliphatic rings. The summed E-state index contributed by atoms with van der Waals surface area (Å²) < 4.78 is 78.8. The lowest BCUT2D eigenvalue weighted by Crippen LogP contribution is -2.12. The number of nitrogens with zero attached hydrogens (tertiary/aromatic N) is 4. The van der Waals surface area contributed by atoms with E-state index in [1.54, 1.807) is 0 Å². The number of nitrogen functional groups attached to an aromatic ring is 2. The number of benzene rings is 1. The zero-order chi connectivity index (χ0) is 20.3. The highest BCUT2D eigenvalue weighted by Crippen LogP contribution is 2.41. The Labute approximate surface area is 155 Å². The molecule has 2 heterocycles. The van der Waals surface area contributed by atoms with Gasteiger partial charge in [-0.2, -0.15) is 31.3 Å². The maximum absolute atomic E-state index is 13.2. The van der Waals surface area contributed by atoms with Gasteiger partial charge in [0.25, 0.3) is 0 Å². The van der Waals surface area contributed by atoms with E-state index in [-0.39, 0.29) is 5.69 Å². The minimum Gasteiger partial charge on any atom is -0.383 e. The Kier molecular flexibility index (Phi) is 4.30. The van der Waals surface area contributed by atoms with Crippen molar-refractivity contribution in [3.63, 3.8) is 0 Å². The molecule has 0 amide bonds. The van der Waals surface area contributed by atoms with Gasteiger partial charge >= 0.3 is 12.4 Å². The zero-order valence-electron chi connectivity index (χ0n) is 12.6. The van der Waals surface area contributed by atoms with E-state index < -0.39 is 56.5 Å². The number of rotatable bonds is 1. The summed E-state index contributed by atoms with van der Waals surface area (Å²) in [4.78, 5) is 6.69. The van der Waals surface area contributed by atoms with Crippen molar-refractivity contribution in [2.45, 2.75) is 12.4 Å². The van der Waals surface area contributed by atoms with Crippen LogP contribution in [-0.4, -0.2) is 19.7 Å². The summed E-state index contributed by atoms with van der Waals surface area (Å²) in [6.07, 6.45) is -9.68. The zero-order valence-corrected chi connectivity index (χ0v) is 14.1. The Hall–Kier alpha value is -2.47. The van der Waals surface area contributed by atoms with Gasteiger partial charge in [-0.15, -0.1) is 5.10 Å². The van der Waals surface area contributed by atoms with E-state index in [9.17, 15) is 26.3 Å². The molecule has 27 heavy (non-hydrogen) atoms. The second-order valence-corrected chi connectivity index (χ2v) is 6.02. The summed E-state index contributed by atoms with van der Waals surface area (Å²) in [5.41, 5.74) is 7.49. The first-order chi connectivity index (χ1) is 12.3. The van der Waals surface area contributed by atoms with Crippen molar-refractivity contribution in [1.82, 2.24) is 19.7 Å². The van der Waals surface area contributed by atoms with Crippen molar-refractivity contribution >= 4 is 46.0 Å².